The molecule has 1 aliphatic heterocycles. The lowest BCUT2D eigenvalue weighted by atomic mass is 10.1. The zero-order valence-electron chi connectivity index (χ0n) is 14.8. The molecular weight excluding hydrogens is 348 g/mol. The van der Waals surface area contributed by atoms with E-state index in [4.69, 9.17) is 16.9 Å². The molecule has 1 saturated heterocycles. The van der Waals surface area contributed by atoms with Crippen LogP contribution in [-0.2, 0) is 6.54 Å². The minimum atomic E-state index is -0.00461. The maximum absolute atomic E-state index is 12.6. The van der Waals surface area contributed by atoms with Crippen LogP contribution in [0.5, 0.6) is 0 Å². The number of nitriles is 1. The monoisotopic (exact) mass is 368 g/mol. The molecule has 1 aromatic carbocycles. The molecule has 0 aliphatic carbocycles. The van der Waals surface area contributed by atoms with Crippen molar-refractivity contribution in [2.45, 2.75) is 25.8 Å². The number of amides is 1. The molecule has 0 bridgehead atoms. The number of anilines is 1. The van der Waals surface area contributed by atoms with Gasteiger partial charge in [-0.2, -0.15) is 5.26 Å². The van der Waals surface area contributed by atoms with Crippen molar-refractivity contribution in [3.63, 3.8) is 0 Å². The van der Waals surface area contributed by atoms with Gasteiger partial charge < -0.3 is 9.80 Å². The molecule has 0 saturated carbocycles. The van der Waals surface area contributed by atoms with Crippen molar-refractivity contribution >= 4 is 23.3 Å². The van der Waals surface area contributed by atoms with E-state index in [0.717, 1.165) is 31.5 Å². The van der Waals surface area contributed by atoms with Crippen LogP contribution in [0.25, 0.3) is 0 Å². The first-order valence-corrected chi connectivity index (χ1v) is 9.11. The highest BCUT2D eigenvalue weighted by Crippen LogP contribution is 2.25. The van der Waals surface area contributed by atoms with Gasteiger partial charge >= 0.3 is 0 Å². The van der Waals surface area contributed by atoms with Gasteiger partial charge in [-0.3, -0.25) is 4.79 Å². The van der Waals surface area contributed by atoms with Gasteiger partial charge in [0.15, 0.2) is 0 Å². The number of carbonyl (C=O) groups excluding carboxylic acids is 1. The van der Waals surface area contributed by atoms with Gasteiger partial charge in [0.25, 0.3) is 5.91 Å². The summed E-state index contributed by atoms with van der Waals surface area (Å²) in [7, 11) is 1.89. The lowest BCUT2D eigenvalue weighted by Crippen LogP contribution is -2.35. The summed E-state index contributed by atoms with van der Waals surface area (Å²) < 4.78 is 0. The molecule has 2 heterocycles. The maximum Gasteiger partial charge on any atom is 0.255 e. The fraction of sp³-hybridized carbons (Fsp3) is 0.350. The second kappa shape index (κ2) is 8.20. The van der Waals surface area contributed by atoms with E-state index >= 15 is 0 Å². The summed E-state index contributed by atoms with van der Waals surface area (Å²) in [6, 6.07) is 11.3. The van der Waals surface area contributed by atoms with Gasteiger partial charge in [-0.25, -0.2) is 4.98 Å². The third-order valence-corrected chi connectivity index (χ3v) is 4.83. The molecule has 2 aromatic rings. The van der Waals surface area contributed by atoms with E-state index in [-0.39, 0.29) is 5.91 Å². The van der Waals surface area contributed by atoms with E-state index in [2.05, 4.69) is 11.1 Å². The van der Waals surface area contributed by atoms with Crippen molar-refractivity contribution in [2.24, 2.45) is 0 Å². The van der Waals surface area contributed by atoms with E-state index in [1.807, 2.05) is 35.0 Å². The lowest BCUT2D eigenvalue weighted by Gasteiger charge is -2.27. The lowest BCUT2D eigenvalue weighted by molar-refractivity contribution is 0.0724. The predicted octanol–water partition coefficient (Wildman–Crippen LogP) is 3.87. The van der Waals surface area contributed by atoms with Gasteiger partial charge in [-0.05, 0) is 43.0 Å². The second-order valence-electron chi connectivity index (χ2n) is 6.55. The number of hydrogen-bond acceptors (Lipinski definition) is 4. The van der Waals surface area contributed by atoms with Crippen LogP contribution in [0.15, 0.2) is 36.5 Å². The molecule has 1 aliphatic rings. The van der Waals surface area contributed by atoms with Gasteiger partial charge in [-0.1, -0.05) is 23.7 Å². The first-order chi connectivity index (χ1) is 12.6. The molecule has 26 heavy (non-hydrogen) atoms. The summed E-state index contributed by atoms with van der Waals surface area (Å²) in [5, 5.41) is 9.47. The van der Waals surface area contributed by atoms with E-state index in [9.17, 15) is 4.79 Å². The number of likely N-dealkylation sites (tertiary alicyclic amines) is 1. The average Bonchev–Trinajstić information content (AvgIpc) is 2.68. The Kier molecular flexibility index (Phi) is 5.75. The van der Waals surface area contributed by atoms with Crippen molar-refractivity contribution in [3.05, 3.63) is 58.2 Å². The predicted molar refractivity (Wildman–Crippen MR) is 102 cm³/mol. The molecule has 5 nitrogen and oxygen atoms in total. The van der Waals surface area contributed by atoms with Crippen molar-refractivity contribution < 1.29 is 4.79 Å². The van der Waals surface area contributed by atoms with Crippen LogP contribution in [0, 0.1) is 11.3 Å². The third kappa shape index (κ3) is 4.14. The molecule has 1 aromatic heterocycles. The van der Waals surface area contributed by atoms with Crippen molar-refractivity contribution in [3.8, 4) is 6.07 Å². The van der Waals surface area contributed by atoms with Crippen LogP contribution < -0.4 is 4.90 Å². The van der Waals surface area contributed by atoms with Gasteiger partial charge in [0.1, 0.15) is 5.82 Å². The number of piperidine rings is 1. The molecule has 6 heteroatoms. The topological polar surface area (TPSA) is 60.2 Å². The molecule has 0 radical (unpaired) electrons. The van der Waals surface area contributed by atoms with Crippen LogP contribution in [0.1, 0.15) is 40.7 Å². The van der Waals surface area contributed by atoms with Crippen molar-refractivity contribution in [1.82, 2.24) is 9.88 Å². The molecule has 0 atom stereocenters. The number of carbonyl (C=O) groups is 1. The van der Waals surface area contributed by atoms with Gasteiger partial charge in [0.05, 0.1) is 22.2 Å². The Morgan fingerprint density at radius 1 is 1.31 bits per heavy atom. The van der Waals surface area contributed by atoms with Gasteiger partial charge in [-0.15, -0.1) is 0 Å². The van der Waals surface area contributed by atoms with E-state index in [0.29, 0.717) is 28.5 Å². The number of halogens is 1. The summed E-state index contributed by atoms with van der Waals surface area (Å²) in [6.45, 7) is 2.17. The van der Waals surface area contributed by atoms with E-state index in [1.54, 1.807) is 18.3 Å². The normalized spacial score (nSPS) is 14.0. The molecule has 0 unspecified atom stereocenters. The third-order valence-electron chi connectivity index (χ3n) is 4.55. The zero-order valence-corrected chi connectivity index (χ0v) is 15.5. The number of nitrogens with zero attached hydrogens (tertiary/aromatic N) is 4. The smallest absolute Gasteiger partial charge is 0.255 e. The van der Waals surface area contributed by atoms with Gasteiger partial charge in [0.2, 0.25) is 0 Å². The minimum Gasteiger partial charge on any atom is -0.354 e. The maximum atomic E-state index is 12.6. The number of rotatable bonds is 4. The molecule has 134 valence electrons. The molecule has 3 rings (SSSR count). The van der Waals surface area contributed by atoms with E-state index < -0.39 is 0 Å². The Balaban J connectivity index is 1.74. The number of hydrogen-bond donors (Lipinski definition) is 0. The Labute approximate surface area is 158 Å². The molecule has 1 amide bonds. The summed E-state index contributed by atoms with van der Waals surface area (Å²) in [4.78, 5) is 20.8. The van der Waals surface area contributed by atoms with Crippen molar-refractivity contribution in [2.75, 3.05) is 25.0 Å². The fourth-order valence-corrected chi connectivity index (χ4v) is 3.51. The first-order valence-electron chi connectivity index (χ1n) is 8.73. The highest BCUT2D eigenvalue weighted by Gasteiger charge is 2.20. The fourth-order valence-electron chi connectivity index (χ4n) is 3.20. The van der Waals surface area contributed by atoms with E-state index in [1.165, 1.54) is 6.42 Å². The number of benzene rings is 1. The Hall–Kier alpha value is -2.58. The molecule has 0 spiro atoms. The van der Waals surface area contributed by atoms with Gasteiger partial charge in [0, 0.05) is 32.9 Å². The average molecular weight is 369 g/mol. The summed E-state index contributed by atoms with van der Waals surface area (Å²) in [5.74, 6) is 0.610. The highest BCUT2D eigenvalue weighted by atomic mass is 35.5. The second-order valence-corrected chi connectivity index (χ2v) is 6.96. The number of pyridine rings is 1. The van der Waals surface area contributed by atoms with Crippen LogP contribution in [0.3, 0.4) is 0 Å². The summed E-state index contributed by atoms with van der Waals surface area (Å²) >= 11 is 6.40. The largest absolute Gasteiger partial charge is 0.354 e. The first kappa shape index (κ1) is 18.2. The van der Waals surface area contributed by atoms with Crippen molar-refractivity contribution in [1.29, 1.82) is 5.26 Å². The van der Waals surface area contributed by atoms with Crippen LogP contribution in [0.2, 0.25) is 5.02 Å². The summed E-state index contributed by atoms with van der Waals surface area (Å²) in [5.41, 5.74) is 2.15. The van der Waals surface area contributed by atoms with Crippen LogP contribution in [-0.4, -0.2) is 35.9 Å². The van der Waals surface area contributed by atoms with Crippen LogP contribution >= 0.6 is 11.6 Å². The Bertz CT molecular complexity index is 840. The minimum absolute atomic E-state index is 0.00461. The van der Waals surface area contributed by atoms with Crippen LogP contribution in [0.4, 0.5) is 5.82 Å². The SMILES string of the molecule is CN(Cc1cccc(C#N)c1)c1ncc(C(=O)N2CCCCC2)cc1Cl. The number of aromatic nitrogens is 1. The summed E-state index contributed by atoms with van der Waals surface area (Å²) in [6.07, 6.45) is 4.88. The molecular formula is C20H21ClN4O. The Morgan fingerprint density at radius 2 is 2.08 bits per heavy atom. The molecule has 0 N–H and O–H groups in total. The zero-order chi connectivity index (χ0) is 18.5. The quantitative estimate of drug-likeness (QED) is 0.821. The standard InChI is InChI=1S/C20H21ClN4O/c1-24(14-16-7-5-6-15(10-16)12-22)19-18(21)11-17(13-23-19)20(26)25-8-3-2-4-9-25/h5-7,10-11,13H,2-4,8-9,14H2,1H3. The Morgan fingerprint density at radius 3 is 2.77 bits per heavy atom. The highest BCUT2D eigenvalue weighted by molar-refractivity contribution is 6.33. The molecule has 1 fully saturated rings.